The van der Waals surface area contributed by atoms with E-state index < -0.39 is 0 Å². The molecule has 1 N–H and O–H groups in total. The third kappa shape index (κ3) is 2.03. The first-order chi connectivity index (χ1) is 9.15. The lowest BCUT2D eigenvalue weighted by atomic mass is 9.99. The Balaban J connectivity index is 2.19. The van der Waals surface area contributed by atoms with E-state index in [2.05, 4.69) is 9.97 Å². The highest BCUT2D eigenvalue weighted by molar-refractivity contribution is 5.81. The Kier molecular flexibility index (Phi) is 2.67. The number of fused-ring (bicyclic) bond motifs is 1. The van der Waals surface area contributed by atoms with Crippen LogP contribution in [0.1, 0.15) is 11.1 Å². The minimum Gasteiger partial charge on any atom is -0.507 e. The zero-order chi connectivity index (χ0) is 13.4. The monoisotopic (exact) mass is 250 g/mol. The van der Waals surface area contributed by atoms with Crippen LogP contribution in [0.2, 0.25) is 0 Å². The quantitative estimate of drug-likeness (QED) is 0.717. The van der Waals surface area contributed by atoms with Crippen molar-refractivity contribution in [2.24, 2.45) is 0 Å². The lowest BCUT2D eigenvalue weighted by Crippen LogP contribution is -1.87. The average molecular weight is 250 g/mol. The molecule has 0 aliphatic carbocycles. The van der Waals surface area contributed by atoms with Crippen LogP contribution in [0.4, 0.5) is 0 Å². The summed E-state index contributed by atoms with van der Waals surface area (Å²) in [5, 5.41) is 9.83. The predicted molar refractivity (Wildman–Crippen MR) is 76.1 cm³/mol. The predicted octanol–water partition coefficient (Wildman–Crippen LogP) is 3.62. The summed E-state index contributed by atoms with van der Waals surface area (Å²) in [6.07, 6.45) is 3.39. The van der Waals surface area contributed by atoms with Gasteiger partial charge in [0.05, 0.1) is 11.0 Å². The van der Waals surface area contributed by atoms with Gasteiger partial charge in [0, 0.05) is 12.4 Å². The van der Waals surface area contributed by atoms with Gasteiger partial charge >= 0.3 is 0 Å². The molecule has 0 radical (unpaired) electrons. The van der Waals surface area contributed by atoms with Crippen LogP contribution in [0.25, 0.3) is 22.2 Å². The summed E-state index contributed by atoms with van der Waals surface area (Å²) in [6, 6.07) is 9.99. The second-order valence-electron chi connectivity index (χ2n) is 4.72. The molecule has 0 spiro atoms. The molecule has 2 aromatic carbocycles. The summed E-state index contributed by atoms with van der Waals surface area (Å²) in [5.74, 6) is 0.365. The number of benzene rings is 2. The standard InChI is InChI=1S/C16H14N2O/c1-10-7-13(8-11(2)16(10)19)12-3-4-14-15(9-12)18-6-5-17-14/h3-9,19H,1-2H3. The van der Waals surface area contributed by atoms with Crippen molar-refractivity contribution in [2.75, 3.05) is 0 Å². The van der Waals surface area contributed by atoms with Crippen molar-refractivity contribution >= 4 is 11.0 Å². The molecule has 0 saturated carbocycles. The molecule has 19 heavy (non-hydrogen) atoms. The Bertz CT molecular complexity index is 743. The first-order valence-corrected chi connectivity index (χ1v) is 6.16. The highest BCUT2D eigenvalue weighted by Crippen LogP contribution is 2.30. The van der Waals surface area contributed by atoms with Gasteiger partial charge in [0.1, 0.15) is 5.75 Å². The summed E-state index contributed by atoms with van der Waals surface area (Å²) in [6.45, 7) is 3.82. The van der Waals surface area contributed by atoms with Crippen molar-refractivity contribution in [3.05, 3.63) is 53.9 Å². The SMILES string of the molecule is Cc1cc(-c2ccc3nccnc3c2)cc(C)c1O. The summed E-state index contributed by atoms with van der Waals surface area (Å²) in [4.78, 5) is 8.58. The maximum Gasteiger partial charge on any atom is 0.121 e. The highest BCUT2D eigenvalue weighted by Gasteiger charge is 2.06. The minimum absolute atomic E-state index is 0.365. The van der Waals surface area contributed by atoms with E-state index in [1.807, 2.05) is 44.2 Å². The summed E-state index contributed by atoms with van der Waals surface area (Å²) in [7, 11) is 0. The van der Waals surface area contributed by atoms with Gasteiger partial charge in [-0.25, -0.2) is 0 Å². The van der Waals surface area contributed by atoms with Gasteiger partial charge in [0.2, 0.25) is 0 Å². The third-order valence-corrected chi connectivity index (χ3v) is 3.29. The van der Waals surface area contributed by atoms with Crippen molar-refractivity contribution in [3.8, 4) is 16.9 Å². The molecule has 1 heterocycles. The van der Waals surface area contributed by atoms with Crippen LogP contribution < -0.4 is 0 Å². The molecule has 3 rings (SSSR count). The number of rotatable bonds is 1. The average Bonchev–Trinajstić information content (AvgIpc) is 2.43. The molecule has 1 aromatic heterocycles. The molecule has 3 aromatic rings. The van der Waals surface area contributed by atoms with Crippen LogP contribution in [0.15, 0.2) is 42.7 Å². The molecule has 0 atom stereocenters. The Morgan fingerprint density at radius 2 is 1.42 bits per heavy atom. The van der Waals surface area contributed by atoms with Crippen LogP contribution in [0.5, 0.6) is 5.75 Å². The second kappa shape index (κ2) is 4.35. The third-order valence-electron chi connectivity index (χ3n) is 3.29. The number of phenols is 1. The Morgan fingerprint density at radius 3 is 2.11 bits per heavy atom. The van der Waals surface area contributed by atoms with Gasteiger partial charge < -0.3 is 5.11 Å². The molecule has 3 nitrogen and oxygen atoms in total. The molecule has 0 fully saturated rings. The number of phenolic OH excluding ortho intramolecular Hbond substituents is 1. The number of aryl methyl sites for hydroxylation is 2. The van der Waals surface area contributed by atoms with E-state index in [-0.39, 0.29) is 0 Å². The molecule has 0 unspecified atom stereocenters. The fourth-order valence-corrected chi connectivity index (χ4v) is 2.27. The number of nitrogens with zero attached hydrogens (tertiary/aromatic N) is 2. The first-order valence-electron chi connectivity index (χ1n) is 6.16. The normalized spacial score (nSPS) is 10.8. The molecule has 94 valence electrons. The zero-order valence-corrected chi connectivity index (χ0v) is 10.9. The summed E-state index contributed by atoms with van der Waals surface area (Å²) in [5.41, 5.74) is 5.70. The van der Waals surface area contributed by atoms with Gasteiger partial charge in [-0.15, -0.1) is 0 Å². The fourth-order valence-electron chi connectivity index (χ4n) is 2.27. The van der Waals surface area contributed by atoms with Crippen molar-refractivity contribution in [1.29, 1.82) is 0 Å². The fraction of sp³-hybridized carbons (Fsp3) is 0.125. The van der Waals surface area contributed by atoms with Crippen LogP contribution in [-0.4, -0.2) is 15.1 Å². The maximum absolute atomic E-state index is 9.83. The molecule has 0 saturated heterocycles. The van der Waals surface area contributed by atoms with Crippen LogP contribution in [-0.2, 0) is 0 Å². The Morgan fingerprint density at radius 1 is 0.789 bits per heavy atom. The number of hydrogen-bond donors (Lipinski definition) is 1. The van der Waals surface area contributed by atoms with E-state index in [4.69, 9.17) is 0 Å². The van der Waals surface area contributed by atoms with Crippen molar-refractivity contribution in [1.82, 2.24) is 9.97 Å². The number of aromatic hydroxyl groups is 1. The molecular weight excluding hydrogens is 236 g/mol. The molecular formula is C16H14N2O. The highest BCUT2D eigenvalue weighted by atomic mass is 16.3. The number of aromatic nitrogens is 2. The van der Waals surface area contributed by atoms with Gasteiger partial charge in [-0.1, -0.05) is 6.07 Å². The summed E-state index contributed by atoms with van der Waals surface area (Å²) < 4.78 is 0. The van der Waals surface area contributed by atoms with Crippen molar-refractivity contribution < 1.29 is 5.11 Å². The van der Waals surface area contributed by atoms with Gasteiger partial charge in [0.15, 0.2) is 0 Å². The minimum atomic E-state index is 0.365. The van der Waals surface area contributed by atoms with Gasteiger partial charge in [-0.3, -0.25) is 9.97 Å². The van der Waals surface area contributed by atoms with E-state index in [9.17, 15) is 5.11 Å². The summed E-state index contributed by atoms with van der Waals surface area (Å²) >= 11 is 0. The first kappa shape index (κ1) is 11.7. The molecule has 3 heteroatoms. The zero-order valence-electron chi connectivity index (χ0n) is 10.9. The van der Waals surface area contributed by atoms with Crippen LogP contribution in [0.3, 0.4) is 0 Å². The van der Waals surface area contributed by atoms with E-state index in [1.54, 1.807) is 12.4 Å². The Labute approximate surface area is 111 Å². The van der Waals surface area contributed by atoms with E-state index in [0.29, 0.717) is 5.75 Å². The van der Waals surface area contributed by atoms with E-state index in [1.165, 1.54) is 0 Å². The van der Waals surface area contributed by atoms with Gasteiger partial charge in [-0.05, 0) is 60.4 Å². The van der Waals surface area contributed by atoms with Crippen LogP contribution in [0, 0.1) is 13.8 Å². The molecule has 0 aliphatic heterocycles. The molecule has 0 bridgehead atoms. The van der Waals surface area contributed by atoms with E-state index >= 15 is 0 Å². The lowest BCUT2D eigenvalue weighted by molar-refractivity contribution is 0.467. The van der Waals surface area contributed by atoms with Gasteiger partial charge in [0.25, 0.3) is 0 Å². The number of hydrogen-bond acceptors (Lipinski definition) is 3. The lowest BCUT2D eigenvalue weighted by Gasteiger charge is -2.08. The maximum atomic E-state index is 9.83. The Hall–Kier alpha value is -2.42. The molecule has 0 amide bonds. The van der Waals surface area contributed by atoms with Crippen molar-refractivity contribution in [2.45, 2.75) is 13.8 Å². The van der Waals surface area contributed by atoms with Crippen molar-refractivity contribution in [3.63, 3.8) is 0 Å². The smallest absolute Gasteiger partial charge is 0.121 e. The van der Waals surface area contributed by atoms with E-state index in [0.717, 1.165) is 33.3 Å². The molecule has 0 aliphatic rings. The largest absolute Gasteiger partial charge is 0.507 e. The van der Waals surface area contributed by atoms with Gasteiger partial charge in [-0.2, -0.15) is 0 Å². The second-order valence-corrected chi connectivity index (χ2v) is 4.72. The van der Waals surface area contributed by atoms with Crippen LogP contribution >= 0.6 is 0 Å². The topological polar surface area (TPSA) is 46.0 Å².